The summed E-state index contributed by atoms with van der Waals surface area (Å²) in [7, 11) is -4.36. The summed E-state index contributed by atoms with van der Waals surface area (Å²) in [4.78, 5) is 13.7. The van der Waals surface area contributed by atoms with Gasteiger partial charge in [0.25, 0.3) is 0 Å². The van der Waals surface area contributed by atoms with Crippen LogP contribution in [-0.2, 0) is 46.3 Å². The number of nitrogens with zero attached hydrogens (tertiary/aromatic N) is 1. The number of aliphatic hydroxyl groups excluding tert-OH is 1. The molecule has 1 saturated carbocycles. The van der Waals surface area contributed by atoms with Gasteiger partial charge in [0.2, 0.25) is 15.9 Å². The number of carbonyl (C=O) groups excluding carboxylic acids is 1. The Bertz CT molecular complexity index is 1390. The number of sulfonamides is 1. The predicted octanol–water partition coefficient (Wildman–Crippen LogP) is 3.71. The van der Waals surface area contributed by atoms with Gasteiger partial charge in [0.15, 0.2) is 6.29 Å². The summed E-state index contributed by atoms with van der Waals surface area (Å²) in [6.45, 7) is 10.0. The van der Waals surface area contributed by atoms with Gasteiger partial charge in [-0.1, -0.05) is 56.3 Å². The van der Waals surface area contributed by atoms with Gasteiger partial charge in [0.05, 0.1) is 30.3 Å². The molecule has 5 rings (SSSR count). The topological polar surface area (TPSA) is 124 Å². The van der Waals surface area contributed by atoms with Crippen LogP contribution in [0.25, 0.3) is 0 Å². The van der Waals surface area contributed by atoms with Gasteiger partial charge in [0.1, 0.15) is 0 Å². The number of amides is 1. The molecule has 2 aliphatic heterocycles. The zero-order chi connectivity index (χ0) is 33.6. The number of fused-ring (bicyclic) bond motifs is 1. The van der Waals surface area contributed by atoms with Crippen LogP contribution in [0.2, 0.25) is 0 Å². The van der Waals surface area contributed by atoms with Crippen LogP contribution in [0.4, 0.5) is 0 Å². The molecule has 2 saturated heterocycles. The van der Waals surface area contributed by atoms with Gasteiger partial charge in [-0.05, 0) is 73.6 Å². The van der Waals surface area contributed by atoms with Gasteiger partial charge in [-0.15, -0.1) is 0 Å². The Morgan fingerprint density at radius 1 is 0.979 bits per heavy atom. The molecule has 2 N–H and O–H groups in total. The molecule has 10 nitrogen and oxygen atoms in total. The Hall–Kier alpha value is -2.32. The normalized spacial score (nSPS) is 24.9. The molecule has 2 bridgehead atoms. The number of aliphatic hydroxyl groups is 1. The average molecular weight is 671 g/mol. The SMILES string of the molecule is CCOB(Cc1ccc(S(=O)(=O)N(CC(C)C)C[C@@H](O)[C@H](Cc2ccccc2)NC(=O)C[C@H]2C3CO[C@H]4OC[C@@H]2C4C3)cc1)OCC. The van der Waals surface area contributed by atoms with E-state index in [-0.39, 0.29) is 42.0 Å². The summed E-state index contributed by atoms with van der Waals surface area (Å²) < 4.78 is 52.4. The minimum Gasteiger partial charge on any atom is -0.411 e. The van der Waals surface area contributed by atoms with E-state index < -0.39 is 29.3 Å². The zero-order valence-electron chi connectivity index (χ0n) is 28.1. The summed E-state index contributed by atoms with van der Waals surface area (Å²) in [5, 5.41) is 14.8. The lowest BCUT2D eigenvalue weighted by Gasteiger charge is -2.31. The first kappa shape index (κ1) is 36.0. The summed E-state index contributed by atoms with van der Waals surface area (Å²) in [5.74, 6) is 1.01. The van der Waals surface area contributed by atoms with Gasteiger partial charge in [-0.25, -0.2) is 8.42 Å². The molecule has 1 amide bonds. The van der Waals surface area contributed by atoms with E-state index in [0.717, 1.165) is 17.5 Å². The molecule has 2 unspecified atom stereocenters. The highest BCUT2D eigenvalue weighted by Crippen LogP contribution is 2.52. The maximum Gasteiger partial charge on any atom is 0.461 e. The van der Waals surface area contributed by atoms with E-state index >= 15 is 0 Å². The molecule has 0 radical (unpaired) electrons. The Morgan fingerprint density at radius 3 is 2.32 bits per heavy atom. The van der Waals surface area contributed by atoms with Crippen LogP contribution >= 0.6 is 0 Å². The second-order valence-corrected chi connectivity index (χ2v) is 15.5. The Balaban J connectivity index is 1.30. The number of benzene rings is 2. The monoisotopic (exact) mass is 670 g/mol. The van der Waals surface area contributed by atoms with E-state index in [1.165, 1.54) is 4.31 Å². The first-order valence-corrected chi connectivity index (χ1v) is 18.6. The van der Waals surface area contributed by atoms with Crippen molar-refractivity contribution in [3.05, 3.63) is 65.7 Å². The highest BCUT2D eigenvalue weighted by molar-refractivity contribution is 7.89. The number of rotatable bonds is 18. The van der Waals surface area contributed by atoms with Gasteiger partial charge in [-0.2, -0.15) is 4.31 Å². The largest absolute Gasteiger partial charge is 0.461 e. The number of hydrogen-bond acceptors (Lipinski definition) is 8. The van der Waals surface area contributed by atoms with Crippen molar-refractivity contribution >= 4 is 23.0 Å². The van der Waals surface area contributed by atoms with E-state index in [1.807, 2.05) is 58.0 Å². The molecule has 3 aliphatic rings. The van der Waals surface area contributed by atoms with E-state index in [1.54, 1.807) is 24.3 Å². The van der Waals surface area contributed by atoms with Crippen molar-refractivity contribution in [1.82, 2.24) is 9.62 Å². The summed E-state index contributed by atoms with van der Waals surface area (Å²) in [6.07, 6.45) is 0.927. The second kappa shape index (κ2) is 16.4. The number of hydrogen-bond donors (Lipinski definition) is 2. The molecule has 2 aromatic rings. The zero-order valence-corrected chi connectivity index (χ0v) is 28.9. The van der Waals surface area contributed by atoms with Crippen molar-refractivity contribution in [2.45, 2.75) is 76.6 Å². The van der Waals surface area contributed by atoms with Crippen molar-refractivity contribution in [3.63, 3.8) is 0 Å². The summed E-state index contributed by atoms with van der Waals surface area (Å²) >= 11 is 0. The fourth-order valence-corrected chi connectivity index (χ4v) is 9.10. The molecule has 7 atom stereocenters. The van der Waals surface area contributed by atoms with Crippen LogP contribution in [0.5, 0.6) is 0 Å². The second-order valence-electron chi connectivity index (χ2n) is 13.6. The number of nitrogens with one attached hydrogen (secondary N) is 1. The van der Waals surface area contributed by atoms with Crippen molar-refractivity contribution in [2.75, 3.05) is 39.5 Å². The lowest BCUT2D eigenvalue weighted by Crippen LogP contribution is -2.51. The third-order valence-electron chi connectivity index (χ3n) is 9.72. The fraction of sp³-hybridized carbons (Fsp3) is 0.629. The molecular formula is C35H51BN2O8S. The van der Waals surface area contributed by atoms with Crippen LogP contribution in [-0.4, -0.2) is 88.8 Å². The van der Waals surface area contributed by atoms with Crippen LogP contribution < -0.4 is 5.32 Å². The predicted molar refractivity (Wildman–Crippen MR) is 180 cm³/mol. The Morgan fingerprint density at radius 2 is 1.66 bits per heavy atom. The third kappa shape index (κ3) is 9.03. The quantitative estimate of drug-likeness (QED) is 0.230. The molecule has 12 heteroatoms. The van der Waals surface area contributed by atoms with Crippen LogP contribution in [0.1, 0.15) is 51.7 Å². The summed E-state index contributed by atoms with van der Waals surface area (Å²) in [6, 6.07) is 15.7. The van der Waals surface area contributed by atoms with Crippen molar-refractivity contribution in [2.24, 2.45) is 29.6 Å². The first-order valence-electron chi connectivity index (χ1n) is 17.2. The summed E-state index contributed by atoms with van der Waals surface area (Å²) in [5.41, 5.74) is 1.84. The average Bonchev–Trinajstić information content (AvgIpc) is 3.57. The van der Waals surface area contributed by atoms with E-state index in [0.29, 0.717) is 63.3 Å². The molecule has 1 aliphatic carbocycles. The van der Waals surface area contributed by atoms with Crippen molar-refractivity contribution in [1.29, 1.82) is 0 Å². The Labute approximate surface area is 280 Å². The number of ether oxygens (including phenoxy) is 2. The standard InChI is InChI=1S/C35H51BN2O8S/c1-5-45-36(46-6-2)19-26-12-14-28(15-13-26)47(41,42)38(20-24(3)4)21-33(39)32(16-25-10-8-7-9-11-25)37-34(40)18-29-27-17-30-31(29)23-44-35(30)43-22-27/h7-15,24,27,29-33,35,39H,5-6,16-23H2,1-4H3,(H,37,40)/t27?,29-,30?,31-,32-,33+,35-/m0/s1. The van der Waals surface area contributed by atoms with E-state index in [4.69, 9.17) is 18.8 Å². The maximum absolute atomic E-state index is 14.0. The highest BCUT2D eigenvalue weighted by atomic mass is 32.2. The maximum atomic E-state index is 14.0. The highest BCUT2D eigenvalue weighted by Gasteiger charge is 2.54. The third-order valence-corrected chi connectivity index (χ3v) is 11.6. The van der Waals surface area contributed by atoms with Crippen molar-refractivity contribution < 1.29 is 37.1 Å². The van der Waals surface area contributed by atoms with E-state index in [2.05, 4.69) is 5.32 Å². The minimum absolute atomic E-state index is 0.0120. The molecule has 0 aromatic heterocycles. The van der Waals surface area contributed by atoms with Crippen molar-refractivity contribution in [3.8, 4) is 0 Å². The first-order chi connectivity index (χ1) is 22.6. The van der Waals surface area contributed by atoms with Gasteiger partial charge in [-0.3, -0.25) is 4.79 Å². The smallest absolute Gasteiger partial charge is 0.411 e. The molecule has 2 heterocycles. The molecule has 47 heavy (non-hydrogen) atoms. The Kier molecular flexibility index (Phi) is 12.5. The molecule has 258 valence electrons. The fourth-order valence-electron chi connectivity index (χ4n) is 7.48. The van der Waals surface area contributed by atoms with Crippen LogP contribution in [0.3, 0.4) is 0 Å². The lowest BCUT2D eigenvalue weighted by atomic mass is 9.80. The van der Waals surface area contributed by atoms with Crippen LogP contribution in [0, 0.1) is 29.6 Å². The van der Waals surface area contributed by atoms with Gasteiger partial charge >= 0.3 is 7.12 Å². The lowest BCUT2D eigenvalue weighted by molar-refractivity contribution is -0.165. The van der Waals surface area contributed by atoms with Gasteiger partial charge < -0.3 is 29.2 Å². The molecule has 2 aromatic carbocycles. The van der Waals surface area contributed by atoms with Gasteiger partial charge in [0, 0.05) is 45.0 Å². The van der Waals surface area contributed by atoms with E-state index in [9.17, 15) is 18.3 Å². The molecule has 3 fully saturated rings. The molecular weight excluding hydrogens is 619 g/mol. The van der Waals surface area contributed by atoms with Crippen LogP contribution in [0.15, 0.2) is 59.5 Å². The molecule has 0 spiro atoms. The number of carbonyl (C=O) groups is 1. The minimum atomic E-state index is -3.96.